The summed E-state index contributed by atoms with van der Waals surface area (Å²) in [5.41, 5.74) is 5.53. The van der Waals surface area contributed by atoms with Gasteiger partial charge >= 0.3 is 0 Å². The molecule has 0 aromatic heterocycles. The van der Waals surface area contributed by atoms with Crippen molar-refractivity contribution in [3.05, 3.63) is 87.9 Å². The minimum Gasteiger partial charge on any atom is -0.326 e. The van der Waals surface area contributed by atoms with Gasteiger partial charge in [-0.25, -0.2) is 5.01 Å². The van der Waals surface area contributed by atoms with Gasteiger partial charge in [-0.15, -0.1) is 0 Å². The van der Waals surface area contributed by atoms with Crippen LogP contribution in [0.4, 0.5) is 17.1 Å². The lowest BCUT2D eigenvalue weighted by Gasteiger charge is -2.30. The molecule has 184 valence electrons. The second kappa shape index (κ2) is 9.47. The summed E-state index contributed by atoms with van der Waals surface area (Å²) >= 11 is 6.43. The SMILES string of the molecule is CC(=O)Nc1ccc(C2(c3ccc(NC(C)=O)cc3)C(=O)N(NC(C)=O)c3c2ccc(Cl)c3C)cc1. The zero-order valence-electron chi connectivity index (χ0n) is 20.2. The molecule has 3 aromatic rings. The maximum absolute atomic E-state index is 14.3. The van der Waals surface area contributed by atoms with Crippen molar-refractivity contribution in [3.8, 4) is 0 Å². The average molecular weight is 505 g/mol. The minimum absolute atomic E-state index is 0.213. The fraction of sp³-hybridized carbons (Fsp3) is 0.185. The molecule has 0 aliphatic carbocycles. The van der Waals surface area contributed by atoms with Crippen molar-refractivity contribution in [3.63, 3.8) is 0 Å². The zero-order chi connectivity index (χ0) is 26.2. The van der Waals surface area contributed by atoms with Crippen LogP contribution in [0.1, 0.15) is 43.0 Å². The molecule has 3 aromatic carbocycles. The topological polar surface area (TPSA) is 108 Å². The van der Waals surface area contributed by atoms with E-state index in [-0.39, 0.29) is 11.8 Å². The fourth-order valence-electron chi connectivity index (χ4n) is 4.65. The Balaban J connectivity index is 2.01. The van der Waals surface area contributed by atoms with E-state index in [0.717, 1.165) is 0 Å². The molecule has 0 radical (unpaired) electrons. The molecule has 1 aliphatic heterocycles. The molecule has 9 heteroatoms. The van der Waals surface area contributed by atoms with Gasteiger partial charge in [0.2, 0.25) is 17.7 Å². The Morgan fingerprint density at radius 3 is 1.64 bits per heavy atom. The van der Waals surface area contributed by atoms with Gasteiger partial charge in [0.25, 0.3) is 5.91 Å². The number of halogens is 1. The maximum Gasteiger partial charge on any atom is 0.265 e. The highest BCUT2D eigenvalue weighted by Gasteiger charge is 2.54. The number of benzene rings is 3. The number of amides is 4. The molecule has 0 atom stereocenters. The Morgan fingerprint density at radius 2 is 1.22 bits per heavy atom. The largest absolute Gasteiger partial charge is 0.326 e. The van der Waals surface area contributed by atoms with Crippen molar-refractivity contribution < 1.29 is 19.2 Å². The van der Waals surface area contributed by atoms with Crippen molar-refractivity contribution in [2.75, 3.05) is 15.6 Å². The Morgan fingerprint density at radius 1 is 0.750 bits per heavy atom. The van der Waals surface area contributed by atoms with Crippen LogP contribution in [0.25, 0.3) is 0 Å². The smallest absolute Gasteiger partial charge is 0.265 e. The van der Waals surface area contributed by atoms with Crippen LogP contribution in [-0.2, 0) is 24.6 Å². The van der Waals surface area contributed by atoms with Gasteiger partial charge in [-0.05, 0) is 53.9 Å². The monoisotopic (exact) mass is 504 g/mol. The molecule has 1 heterocycles. The van der Waals surface area contributed by atoms with Gasteiger partial charge in [0.15, 0.2) is 0 Å². The molecule has 0 saturated carbocycles. The van der Waals surface area contributed by atoms with Crippen molar-refractivity contribution in [2.45, 2.75) is 33.1 Å². The molecule has 36 heavy (non-hydrogen) atoms. The number of nitrogens with zero attached hydrogens (tertiary/aromatic N) is 1. The first-order chi connectivity index (χ1) is 17.0. The fourth-order valence-corrected chi connectivity index (χ4v) is 4.81. The number of rotatable bonds is 5. The summed E-state index contributed by atoms with van der Waals surface area (Å²) in [6, 6.07) is 17.5. The van der Waals surface area contributed by atoms with Crippen LogP contribution < -0.4 is 21.1 Å². The number of hydrogen-bond acceptors (Lipinski definition) is 4. The first kappa shape index (κ1) is 24.9. The average Bonchev–Trinajstić information content (AvgIpc) is 3.05. The summed E-state index contributed by atoms with van der Waals surface area (Å²) in [6.45, 7) is 5.96. The van der Waals surface area contributed by atoms with Crippen LogP contribution in [0.2, 0.25) is 5.02 Å². The summed E-state index contributed by atoms with van der Waals surface area (Å²) in [7, 11) is 0. The van der Waals surface area contributed by atoms with Gasteiger partial charge in [-0.3, -0.25) is 24.6 Å². The molecule has 3 N–H and O–H groups in total. The predicted molar refractivity (Wildman–Crippen MR) is 139 cm³/mol. The van der Waals surface area contributed by atoms with Crippen molar-refractivity contribution in [2.24, 2.45) is 0 Å². The standard InChI is InChI=1S/C27H25ClN4O4/c1-15-24(28)14-13-23-25(15)32(31-18(4)35)26(36)27(23,19-5-9-21(10-6-19)29-16(2)33)20-7-11-22(12-8-20)30-17(3)34/h5-14H,1-4H3,(H,29,33)(H,30,34)(H,31,35). The normalized spacial score (nSPS) is 13.7. The number of nitrogens with one attached hydrogen (secondary N) is 3. The van der Waals surface area contributed by atoms with Gasteiger partial charge in [0.1, 0.15) is 5.41 Å². The number of fused-ring (bicyclic) bond motifs is 1. The molecule has 4 amide bonds. The summed E-state index contributed by atoms with van der Waals surface area (Å²) in [5, 5.41) is 7.17. The van der Waals surface area contributed by atoms with E-state index < -0.39 is 17.2 Å². The molecule has 1 aliphatic rings. The van der Waals surface area contributed by atoms with E-state index >= 15 is 0 Å². The van der Waals surface area contributed by atoms with Crippen LogP contribution >= 0.6 is 11.6 Å². The number of carbonyl (C=O) groups is 4. The Bertz CT molecular complexity index is 1320. The maximum atomic E-state index is 14.3. The highest BCUT2D eigenvalue weighted by Crippen LogP contribution is 2.52. The van der Waals surface area contributed by atoms with E-state index in [2.05, 4.69) is 16.1 Å². The Kier molecular flexibility index (Phi) is 6.56. The van der Waals surface area contributed by atoms with Crippen LogP contribution in [0.5, 0.6) is 0 Å². The summed E-state index contributed by atoms with van der Waals surface area (Å²) in [6.07, 6.45) is 0. The van der Waals surface area contributed by atoms with E-state index in [4.69, 9.17) is 11.6 Å². The predicted octanol–water partition coefficient (Wildman–Crippen LogP) is 4.30. The number of hydrogen-bond donors (Lipinski definition) is 3. The van der Waals surface area contributed by atoms with E-state index in [0.29, 0.717) is 44.3 Å². The highest BCUT2D eigenvalue weighted by atomic mass is 35.5. The molecule has 0 fully saturated rings. The van der Waals surface area contributed by atoms with Crippen molar-refractivity contribution in [1.29, 1.82) is 0 Å². The van der Waals surface area contributed by atoms with Gasteiger partial charge in [-0.1, -0.05) is 41.9 Å². The summed E-state index contributed by atoms with van der Waals surface area (Å²) in [4.78, 5) is 49.5. The van der Waals surface area contributed by atoms with Gasteiger partial charge < -0.3 is 10.6 Å². The molecular weight excluding hydrogens is 480 g/mol. The number of carbonyl (C=O) groups excluding carboxylic acids is 4. The third-order valence-electron chi connectivity index (χ3n) is 6.06. The van der Waals surface area contributed by atoms with Gasteiger partial charge in [-0.2, -0.15) is 0 Å². The second-order valence-electron chi connectivity index (χ2n) is 8.64. The van der Waals surface area contributed by atoms with E-state index in [1.807, 2.05) is 0 Å². The molecule has 0 saturated heterocycles. The van der Waals surface area contributed by atoms with Crippen molar-refractivity contribution in [1.82, 2.24) is 5.43 Å². The molecular formula is C27H25ClN4O4. The number of anilines is 3. The first-order valence-electron chi connectivity index (χ1n) is 11.2. The lowest BCUT2D eigenvalue weighted by atomic mass is 9.70. The molecule has 4 rings (SSSR count). The van der Waals surface area contributed by atoms with Crippen LogP contribution in [0.3, 0.4) is 0 Å². The van der Waals surface area contributed by atoms with E-state index in [1.165, 1.54) is 25.8 Å². The lowest BCUT2D eigenvalue weighted by molar-refractivity contribution is -0.126. The molecule has 0 unspecified atom stereocenters. The highest BCUT2D eigenvalue weighted by molar-refractivity contribution is 6.32. The first-order valence-corrected chi connectivity index (χ1v) is 11.6. The minimum atomic E-state index is -1.34. The van der Waals surface area contributed by atoms with Crippen LogP contribution in [0.15, 0.2) is 60.7 Å². The summed E-state index contributed by atoms with van der Waals surface area (Å²) in [5.74, 6) is -1.23. The quantitative estimate of drug-likeness (QED) is 0.481. The third-order valence-corrected chi connectivity index (χ3v) is 6.47. The van der Waals surface area contributed by atoms with E-state index in [1.54, 1.807) is 67.6 Å². The van der Waals surface area contributed by atoms with Gasteiger partial charge in [0.05, 0.1) is 5.69 Å². The Labute approximate surface area is 213 Å². The van der Waals surface area contributed by atoms with Gasteiger partial charge in [0, 0.05) is 42.7 Å². The van der Waals surface area contributed by atoms with E-state index in [9.17, 15) is 19.2 Å². The second-order valence-corrected chi connectivity index (χ2v) is 9.05. The van der Waals surface area contributed by atoms with Crippen LogP contribution in [0, 0.1) is 6.92 Å². The molecule has 0 bridgehead atoms. The number of hydrazine groups is 1. The third kappa shape index (κ3) is 4.20. The lowest BCUT2D eigenvalue weighted by Crippen LogP contribution is -2.49. The van der Waals surface area contributed by atoms with Crippen LogP contribution in [-0.4, -0.2) is 23.6 Å². The zero-order valence-corrected chi connectivity index (χ0v) is 21.0. The molecule has 8 nitrogen and oxygen atoms in total. The summed E-state index contributed by atoms with van der Waals surface area (Å²) < 4.78 is 0. The van der Waals surface area contributed by atoms with Crippen molar-refractivity contribution >= 4 is 52.3 Å². The Hall–Kier alpha value is -4.17. The molecule has 0 spiro atoms.